The number of hydrogen-bond acceptors (Lipinski definition) is 8. The molecule has 0 spiro atoms. The number of aryl methyl sites for hydroxylation is 1. The Hall–Kier alpha value is -2.42. The molecule has 180 valence electrons. The molecule has 8 nitrogen and oxygen atoms in total. The number of hydrogen-bond donors (Lipinski definition) is 1. The number of esters is 1. The van der Waals surface area contributed by atoms with E-state index < -0.39 is 5.60 Å². The molecule has 2 aliphatic rings. The lowest BCUT2D eigenvalue weighted by molar-refractivity contribution is -0.143. The van der Waals surface area contributed by atoms with E-state index in [1.165, 1.54) is 10.4 Å². The topological polar surface area (TPSA) is 99.6 Å². The second-order valence-electron chi connectivity index (χ2n) is 9.78. The Morgan fingerprint density at radius 1 is 1.15 bits per heavy atom. The van der Waals surface area contributed by atoms with E-state index >= 15 is 0 Å². The second-order valence-corrected chi connectivity index (χ2v) is 10.9. The number of fused-ring (bicyclic) bond motifs is 3. The van der Waals surface area contributed by atoms with Crippen molar-refractivity contribution in [2.24, 2.45) is 0 Å². The number of ether oxygens (including phenoxy) is 3. The first-order valence-electron chi connectivity index (χ1n) is 11.8. The lowest BCUT2D eigenvalue weighted by atomic mass is 9.93. The Kier molecular flexibility index (Phi) is 7.07. The highest BCUT2D eigenvalue weighted by atomic mass is 32.1. The van der Waals surface area contributed by atoms with Crippen molar-refractivity contribution in [2.75, 3.05) is 6.61 Å². The molecule has 1 N–H and O–H groups in total. The zero-order chi connectivity index (χ0) is 23.6. The van der Waals surface area contributed by atoms with Gasteiger partial charge in [0.1, 0.15) is 22.9 Å². The van der Waals surface area contributed by atoms with Crippen LogP contribution in [0, 0.1) is 0 Å². The molecular weight excluding hydrogens is 442 g/mol. The first-order chi connectivity index (χ1) is 15.7. The van der Waals surface area contributed by atoms with Crippen molar-refractivity contribution in [3.05, 3.63) is 16.8 Å². The van der Waals surface area contributed by atoms with Crippen molar-refractivity contribution in [1.29, 1.82) is 0 Å². The standard InChI is InChI=1S/C24H33N3O5S/c1-5-30-18(28)12-14-6-11-17-19(14)20-21(25-13-26-22(20)33-17)31-16-9-7-15(8-10-16)27-23(29)32-24(2,3)4/h13-16H,5-12H2,1-4H3,(H,27,29)/t14-,15?,16?/m0/s1. The third kappa shape index (κ3) is 5.75. The molecule has 2 heterocycles. The van der Waals surface area contributed by atoms with Gasteiger partial charge in [0.2, 0.25) is 5.88 Å². The maximum atomic E-state index is 12.1. The SMILES string of the molecule is CCOC(=O)C[C@@H]1CCc2sc3ncnc(OC4CCC(NC(=O)OC(C)(C)C)CC4)c3c21. The molecule has 9 heteroatoms. The predicted molar refractivity (Wildman–Crippen MR) is 126 cm³/mol. The molecule has 1 fully saturated rings. The number of carbonyl (C=O) groups is 2. The third-order valence-electron chi connectivity index (χ3n) is 6.09. The Bertz CT molecular complexity index is 1010. The molecule has 0 aliphatic heterocycles. The number of aromatic nitrogens is 2. The van der Waals surface area contributed by atoms with E-state index in [-0.39, 0.29) is 30.1 Å². The van der Waals surface area contributed by atoms with Crippen LogP contribution in [-0.2, 0) is 20.7 Å². The number of alkyl carbamates (subject to hydrolysis) is 1. The van der Waals surface area contributed by atoms with Gasteiger partial charge in [0.25, 0.3) is 0 Å². The summed E-state index contributed by atoms with van der Waals surface area (Å²) in [5.74, 6) is 0.566. The van der Waals surface area contributed by atoms with Crippen LogP contribution in [0.2, 0.25) is 0 Å². The van der Waals surface area contributed by atoms with Crippen LogP contribution >= 0.6 is 11.3 Å². The quantitative estimate of drug-likeness (QED) is 0.594. The summed E-state index contributed by atoms with van der Waals surface area (Å²) in [6, 6.07) is 0.0875. The minimum atomic E-state index is -0.505. The zero-order valence-corrected chi connectivity index (χ0v) is 20.6. The number of amides is 1. The van der Waals surface area contributed by atoms with Gasteiger partial charge >= 0.3 is 12.1 Å². The predicted octanol–water partition coefficient (Wildman–Crippen LogP) is 4.89. The van der Waals surface area contributed by atoms with E-state index in [2.05, 4.69) is 15.3 Å². The number of nitrogens with zero attached hydrogens (tertiary/aromatic N) is 2. The van der Waals surface area contributed by atoms with Crippen molar-refractivity contribution in [2.45, 2.75) is 96.3 Å². The number of carbonyl (C=O) groups excluding carboxylic acids is 2. The first kappa shape index (κ1) is 23.7. The Balaban J connectivity index is 1.42. The van der Waals surface area contributed by atoms with Gasteiger partial charge in [-0.3, -0.25) is 4.79 Å². The van der Waals surface area contributed by atoms with E-state index in [9.17, 15) is 9.59 Å². The van der Waals surface area contributed by atoms with Crippen molar-refractivity contribution < 1.29 is 23.8 Å². The molecule has 1 saturated carbocycles. The molecule has 1 amide bonds. The van der Waals surface area contributed by atoms with Gasteiger partial charge in [0, 0.05) is 10.9 Å². The van der Waals surface area contributed by atoms with Crippen molar-refractivity contribution in [3.63, 3.8) is 0 Å². The molecule has 4 rings (SSSR count). The summed E-state index contributed by atoms with van der Waals surface area (Å²) in [6.45, 7) is 7.80. The van der Waals surface area contributed by atoms with E-state index in [1.54, 1.807) is 17.7 Å². The fourth-order valence-electron chi connectivity index (χ4n) is 4.71. The average Bonchev–Trinajstić information content (AvgIpc) is 3.28. The summed E-state index contributed by atoms with van der Waals surface area (Å²) < 4.78 is 16.9. The molecule has 0 radical (unpaired) electrons. The van der Waals surface area contributed by atoms with Crippen LogP contribution in [0.4, 0.5) is 4.79 Å². The highest BCUT2D eigenvalue weighted by molar-refractivity contribution is 7.19. The number of thiophene rings is 1. The van der Waals surface area contributed by atoms with Crippen molar-refractivity contribution in [1.82, 2.24) is 15.3 Å². The van der Waals surface area contributed by atoms with Gasteiger partial charge in [-0.05, 0) is 77.7 Å². The summed E-state index contributed by atoms with van der Waals surface area (Å²) in [5.41, 5.74) is 0.660. The number of rotatable bonds is 6. The highest BCUT2D eigenvalue weighted by Crippen LogP contribution is 2.47. The maximum Gasteiger partial charge on any atom is 0.407 e. The average molecular weight is 476 g/mol. The molecule has 0 saturated heterocycles. The van der Waals surface area contributed by atoms with Crippen LogP contribution in [-0.4, -0.2) is 46.4 Å². The minimum absolute atomic E-state index is 0.0280. The first-order valence-corrected chi connectivity index (χ1v) is 12.6. The van der Waals surface area contributed by atoms with Gasteiger partial charge in [-0.15, -0.1) is 11.3 Å². The largest absolute Gasteiger partial charge is 0.474 e. The Labute approximate surface area is 198 Å². The van der Waals surface area contributed by atoms with E-state index in [1.807, 2.05) is 27.7 Å². The van der Waals surface area contributed by atoms with E-state index in [0.29, 0.717) is 18.9 Å². The molecule has 0 bridgehead atoms. The fourth-order valence-corrected chi connectivity index (χ4v) is 5.94. The molecule has 33 heavy (non-hydrogen) atoms. The van der Waals surface area contributed by atoms with Crippen LogP contribution in [0.15, 0.2) is 6.33 Å². The van der Waals surface area contributed by atoms with Crippen LogP contribution in [0.5, 0.6) is 5.88 Å². The van der Waals surface area contributed by atoms with Crippen LogP contribution in [0.1, 0.15) is 82.6 Å². The third-order valence-corrected chi connectivity index (χ3v) is 7.26. The Morgan fingerprint density at radius 2 is 1.91 bits per heavy atom. The lowest BCUT2D eigenvalue weighted by Crippen LogP contribution is -2.42. The van der Waals surface area contributed by atoms with Gasteiger partial charge in [-0.2, -0.15) is 0 Å². The molecule has 0 unspecified atom stereocenters. The van der Waals surface area contributed by atoms with Crippen LogP contribution in [0.25, 0.3) is 10.2 Å². The summed E-state index contributed by atoms with van der Waals surface area (Å²) >= 11 is 1.67. The monoisotopic (exact) mass is 475 g/mol. The smallest absolute Gasteiger partial charge is 0.407 e. The Morgan fingerprint density at radius 3 is 2.61 bits per heavy atom. The molecular formula is C24H33N3O5S. The number of nitrogens with one attached hydrogen (secondary N) is 1. The van der Waals surface area contributed by atoms with E-state index in [0.717, 1.165) is 48.7 Å². The molecule has 1 atom stereocenters. The molecule has 2 aromatic rings. The highest BCUT2D eigenvalue weighted by Gasteiger charge is 2.33. The van der Waals surface area contributed by atoms with Gasteiger partial charge in [-0.1, -0.05) is 0 Å². The molecule has 2 aromatic heterocycles. The minimum Gasteiger partial charge on any atom is -0.474 e. The van der Waals surface area contributed by atoms with E-state index in [4.69, 9.17) is 14.2 Å². The van der Waals surface area contributed by atoms with Crippen LogP contribution in [0.3, 0.4) is 0 Å². The lowest BCUT2D eigenvalue weighted by Gasteiger charge is -2.30. The maximum absolute atomic E-state index is 12.1. The second kappa shape index (κ2) is 9.83. The fraction of sp³-hybridized carbons (Fsp3) is 0.667. The van der Waals surface area contributed by atoms with Crippen LogP contribution < -0.4 is 10.1 Å². The molecule has 0 aromatic carbocycles. The van der Waals surface area contributed by atoms with Crippen molar-refractivity contribution >= 4 is 33.6 Å². The van der Waals surface area contributed by atoms with Gasteiger partial charge < -0.3 is 19.5 Å². The van der Waals surface area contributed by atoms with Gasteiger partial charge in [-0.25, -0.2) is 14.8 Å². The van der Waals surface area contributed by atoms with Crippen molar-refractivity contribution in [3.8, 4) is 5.88 Å². The zero-order valence-electron chi connectivity index (χ0n) is 19.8. The summed E-state index contributed by atoms with van der Waals surface area (Å²) in [4.78, 5) is 35.3. The normalized spacial score (nSPS) is 22.6. The summed E-state index contributed by atoms with van der Waals surface area (Å²) in [6.07, 6.45) is 6.77. The summed E-state index contributed by atoms with van der Waals surface area (Å²) in [5, 5.41) is 3.93. The summed E-state index contributed by atoms with van der Waals surface area (Å²) in [7, 11) is 0. The van der Waals surface area contributed by atoms with Gasteiger partial charge in [0.05, 0.1) is 18.4 Å². The van der Waals surface area contributed by atoms with Gasteiger partial charge in [0.15, 0.2) is 0 Å². The molecule has 2 aliphatic carbocycles.